The van der Waals surface area contributed by atoms with Crippen molar-refractivity contribution in [3.63, 3.8) is 0 Å². The number of aromatic nitrogens is 2. The van der Waals surface area contributed by atoms with Crippen molar-refractivity contribution in [3.05, 3.63) is 11.3 Å². The fraction of sp³-hybridized carbons (Fsp3) is 0.800. The van der Waals surface area contributed by atoms with Gasteiger partial charge in [0.15, 0.2) is 0 Å². The quantitative estimate of drug-likeness (QED) is 0.801. The minimum atomic E-state index is 0.214. The molecule has 0 amide bonds. The SMILES string of the molecule is CCC(N)Cc1c(C)nn(C)c1N(C)C(C)CCSC. The van der Waals surface area contributed by atoms with Gasteiger partial charge in [0.1, 0.15) is 5.82 Å². The molecule has 1 aromatic heterocycles. The molecule has 0 aliphatic heterocycles. The average Bonchev–Trinajstić information content (AvgIpc) is 2.69. The normalized spacial score (nSPS) is 14.3. The fourth-order valence-electron chi connectivity index (χ4n) is 2.47. The number of thioether (sulfide) groups is 1. The van der Waals surface area contributed by atoms with Gasteiger partial charge < -0.3 is 10.6 Å². The number of aryl methyl sites for hydroxylation is 2. The number of nitrogens with zero attached hydrogens (tertiary/aromatic N) is 3. The standard InChI is InChI=1S/C15H30N4S/c1-7-13(16)10-14-12(3)17-19(5)15(14)18(4)11(2)8-9-20-6/h11,13H,7-10,16H2,1-6H3. The van der Waals surface area contributed by atoms with Gasteiger partial charge >= 0.3 is 0 Å². The predicted molar refractivity (Wildman–Crippen MR) is 90.8 cm³/mol. The van der Waals surface area contributed by atoms with Crippen molar-refractivity contribution < 1.29 is 0 Å². The molecule has 116 valence electrons. The number of hydrogen-bond acceptors (Lipinski definition) is 4. The third-order valence-electron chi connectivity index (χ3n) is 4.04. The monoisotopic (exact) mass is 298 g/mol. The Hall–Kier alpha value is -0.680. The Kier molecular flexibility index (Phi) is 6.89. The van der Waals surface area contributed by atoms with Crippen LogP contribution in [0.3, 0.4) is 0 Å². The van der Waals surface area contributed by atoms with Crippen LogP contribution in [0.4, 0.5) is 5.82 Å². The van der Waals surface area contributed by atoms with Gasteiger partial charge in [0.25, 0.3) is 0 Å². The van der Waals surface area contributed by atoms with Gasteiger partial charge in [-0.3, -0.25) is 4.68 Å². The van der Waals surface area contributed by atoms with E-state index in [2.05, 4.69) is 44.1 Å². The van der Waals surface area contributed by atoms with Crippen LogP contribution in [-0.4, -0.2) is 40.9 Å². The predicted octanol–water partition coefficient (Wildman–Crippen LogP) is 2.59. The minimum Gasteiger partial charge on any atom is -0.357 e. The molecule has 0 fully saturated rings. The van der Waals surface area contributed by atoms with E-state index >= 15 is 0 Å². The van der Waals surface area contributed by atoms with Crippen molar-refractivity contribution in [2.45, 2.75) is 52.1 Å². The van der Waals surface area contributed by atoms with Gasteiger partial charge in [-0.25, -0.2) is 0 Å². The summed E-state index contributed by atoms with van der Waals surface area (Å²) in [5.41, 5.74) is 8.56. The maximum atomic E-state index is 6.15. The molecule has 1 rings (SSSR count). The van der Waals surface area contributed by atoms with E-state index in [0.717, 1.165) is 18.5 Å². The highest BCUT2D eigenvalue weighted by Gasteiger charge is 2.21. The minimum absolute atomic E-state index is 0.214. The molecule has 5 heteroatoms. The van der Waals surface area contributed by atoms with Crippen LogP contribution < -0.4 is 10.6 Å². The topological polar surface area (TPSA) is 47.1 Å². The maximum Gasteiger partial charge on any atom is 0.130 e. The summed E-state index contributed by atoms with van der Waals surface area (Å²) < 4.78 is 2.00. The van der Waals surface area contributed by atoms with E-state index < -0.39 is 0 Å². The summed E-state index contributed by atoms with van der Waals surface area (Å²) in [6.45, 7) is 6.50. The number of nitrogens with two attached hydrogens (primary N) is 1. The van der Waals surface area contributed by atoms with Crippen LogP contribution in [0.5, 0.6) is 0 Å². The molecule has 0 saturated heterocycles. The van der Waals surface area contributed by atoms with Gasteiger partial charge in [0.2, 0.25) is 0 Å². The average molecular weight is 298 g/mol. The summed E-state index contributed by atoms with van der Waals surface area (Å²) in [5.74, 6) is 2.41. The van der Waals surface area contributed by atoms with Crippen molar-refractivity contribution >= 4 is 17.6 Å². The lowest BCUT2D eigenvalue weighted by Gasteiger charge is -2.28. The summed E-state index contributed by atoms with van der Waals surface area (Å²) in [5, 5.41) is 4.60. The van der Waals surface area contributed by atoms with Crippen LogP contribution in [0, 0.1) is 6.92 Å². The van der Waals surface area contributed by atoms with Gasteiger partial charge in [0.05, 0.1) is 5.69 Å². The molecule has 0 radical (unpaired) electrons. The lowest BCUT2D eigenvalue weighted by Crippen LogP contribution is -2.32. The molecule has 2 unspecified atom stereocenters. The van der Waals surface area contributed by atoms with Crippen LogP contribution in [0.25, 0.3) is 0 Å². The Morgan fingerprint density at radius 2 is 2.10 bits per heavy atom. The van der Waals surface area contributed by atoms with Gasteiger partial charge in [-0.05, 0) is 45.1 Å². The van der Waals surface area contributed by atoms with E-state index in [0.29, 0.717) is 6.04 Å². The molecule has 0 spiro atoms. The van der Waals surface area contributed by atoms with Crippen LogP contribution in [0.2, 0.25) is 0 Å². The third kappa shape index (κ3) is 4.16. The Bertz CT molecular complexity index is 416. The molecule has 0 saturated carbocycles. The molecule has 0 bridgehead atoms. The number of hydrogen-bond donors (Lipinski definition) is 1. The van der Waals surface area contributed by atoms with Gasteiger partial charge in [-0.2, -0.15) is 16.9 Å². The molecule has 0 aliphatic carbocycles. The Morgan fingerprint density at radius 1 is 1.45 bits per heavy atom. The lowest BCUT2D eigenvalue weighted by atomic mass is 10.0. The van der Waals surface area contributed by atoms with E-state index in [1.54, 1.807) is 0 Å². The fourth-order valence-corrected chi connectivity index (χ4v) is 3.04. The van der Waals surface area contributed by atoms with Crippen molar-refractivity contribution in [1.29, 1.82) is 0 Å². The van der Waals surface area contributed by atoms with Gasteiger partial charge in [-0.1, -0.05) is 6.92 Å². The zero-order chi connectivity index (χ0) is 15.3. The van der Waals surface area contributed by atoms with Crippen molar-refractivity contribution in [1.82, 2.24) is 9.78 Å². The summed E-state index contributed by atoms with van der Waals surface area (Å²) in [6.07, 6.45) is 5.25. The second-order valence-corrected chi connectivity index (χ2v) is 6.61. The highest BCUT2D eigenvalue weighted by Crippen LogP contribution is 2.26. The summed E-state index contributed by atoms with van der Waals surface area (Å²) in [6, 6.07) is 0.723. The van der Waals surface area contributed by atoms with E-state index in [9.17, 15) is 0 Å². The lowest BCUT2D eigenvalue weighted by molar-refractivity contribution is 0.619. The number of rotatable bonds is 8. The van der Waals surface area contributed by atoms with E-state index in [1.807, 2.05) is 23.5 Å². The van der Waals surface area contributed by atoms with Crippen LogP contribution >= 0.6 is 11.8 Å². The third-order valence-corrected chi connectivity index (χ3v) is 4.68. The zero-order valence-electron chi connectivity index (χ0n) is 13.8. The molecular weight excluding hydrogens is 268 g/mol. The molecule has 0 aromatic carbocycles. The first-order valence-electron chi connectivity index (χ1n) is 7.42. The van der Waals surface area contributed by atoms with Crippen molar-refractivity contribution in [3.8, 4) is 0 Å². The first-order valence-corrected chi connectivity index (χ1v) is 8.81. The zero-order valence-corrected chi connectivity index (χ0v) is 14.6. The van der Waals surface area contributed by atoms with E-state index in [-0.39, 0.29) is 6.04 Å². The van der Waals surface area contributed by atoms with Crippen LogP contribution in [-0.2, 0) is 13.5 Å². The second kappa shape index (κ2) is 7.93. The van der Waals surface area contributed by atoms with Crippen molar-refractivity contribution in [2.24, 2.45) is 12.8 Å². The van der Waals surface area contributed by atoms with Gasteiger partial charge in [-0.15, -0.1) is 0 Å². The maximum absolute atomic E-state index is 6.15. The first kappa shape index (κ1) is 17.4. The summed E-state index contributed by atoms with van der Waals surface area (Å²) >= 11 is 1.90. The molecule has 2 atom stereocenters. The first-order chi connectivity index (χ1) is 9.42. The van der Waals surface area contributed by atoms with E-state index in [1.165, 1.54) is 23.6 Å². The molecule has 0 aliphatic rings. The van der Waals surface area contributed by atoms with Crippen LogP contribution in [0.1, 0.15) is 37.9 Å². The molecular formula is C15H30N4S. The molecule has 1 aromatic rings. The molecule has 1 heterocycles. The molecule has 4 nitrogen and oxygen atoms in total. The van der Waals surface area contributed by atoms with Crippen LogP contribution in [0.15, 0.2) is 0 Å². The number of anilines is 1. The summed E-state index contributed by atoms with van der Waals surface area (Å²) in [7, 11) is 4.20. The Morgan fingerprint density at radius 3 is 2.65 bits per heavy atom. The Labute approximate surface area is 128 Å². The van der Waals surface area contributed by atoms with Gasteiger partial charge in [0, 0.05) is 31.7 Å². The highest BCUT2D eigenvalue weighted by atomic mass is 32.2. The second-order valence-electron chi connectivity index (χ2n) is 5.63. The van der Waals surface area contributed by atoms with Crippen molar-refractivity contribution in [2.75, 3.05) is 24.0 Å². The Balaban J connectivity index is 2.97. The molecule has 2 N–H and O–H groups in total. The van der Waals surface area contributed by atoms with E-state index in [4.69, 9.17) is 5.73 Å². The molecule has 20 heavy (non-hydrogen) atoms. The smallest absolute Gasteiger partial charge is 0.130 e. The largest absolute Gasteiger partial charge is 0.357 e. The summed E-state index contributed by atoms with van der Waals surface area (Å²) in [4.78, 5) is 2.36. The highest BCUT2D eigenvalue weighted by molar-refractivity contribution is 7.98.